The van der Waals surface area contributed by atoms with E-state index in [1.165, 1.54) is 12.1 Å². The zero-order chi connectivity index (χ0) is 14.5. The van der Waals surface area contributed by atoms with E-state index in [4.69, 9.17) is 16.2 Å². The number of primary amides is 1. The van der Waals surface area contributed by atoms with Crippen LogP contribution in [0.2, 0.25) is 0 Å². The molecule has 114 valence electrons. The molecule has 0 saturated carbocycles. The van der Waals surface area contributed by atoms with Crippen LogP contribution in [0.4, 0.5) is 0 Å². The molecule has 1 aromatic rings. The summed E-state index contributed by atoms with van der Waals surface area (Å²) < 4.78 is 27.9. The van der Waals surface area contributed by atoms with Crippen molar-refractivity contribution >= 4 is 28.2 Å². The Balaban J connectivity index is 0.00000361. The lowest BCUT2D eigenvalue weighted by Gasteiger charge is -2.12. The fraction of sp³-hybridized carbons (Fsp3) is 0.417. The van der Waals surface area contributed by atoms with Gasteiger partial charge in [-0.15, -0.1) is 12.4 Å². The Hall–Kier alpha value is -1.31. The van der Waals surface area contributed by atoms with Crippen LogP contribution in [-0.2, 0) is 14.6 Å². The molecule has 0 fully saturated rings. The molecule has 4 N–H and O–H groups in total. The summed E-state index contributed by atoms with van der Waals surface area (Å²) in [6.45, 7) is 0.242. The van der Waals surface area contributed by atoms with Crippen LogP contribution in [0.5, 0.6) is 5.75 Å². The van der Waals surface area contributed by atoms with Crippen molar-refractivity contribution in [2.45, 2.75) is 23.8 Å². The first-order valence-electron chi connectivity index (χ1n) is 5.76. The zero-order valence-electron chi connectivity index (χ0n) is 11.1. The Kier molecular flexibility index (Phi) is 7.55. The highest BCUT2D eigenvalue weighted by Gasteiger charge is 2.08. The lowest BCUT2D eigenvalue weighted by atomic mass is 10.2. The summed E-state index contributed by atoms with van der Waals surface area (Å²) >= 11 is 0. The van der Waals surface area contributed by atoms with Gasteiger partial charge < -0.3 is 16.2 Å². The van der Waals surface area contributed by atoms with Crippen LogP contribution >= 0.6 is 12.4 Å². The van der Waals surface area contributed by atoms with Gasteiger partial charge in [0, 0.05) is 18.7 Å². The van der Waals surface area contributed by atoms with Crippen molar-refractivity contribution in [2.75, 3.05) is 12.9 Å². The van der Waals surface area contributed by atoms with Gasteiger partial charge in [-0.1, -0.05) is 0 Å². The fourth-order valence-electron chi connectivity index (χ4n) is 1.40. The van der Waals surface area contributed by atoms with Gasteiger partial charge in [-0.25, -0.2) is 8.42 Å². The van der Waals surface area contributed by atoms with Gasteiger partial charge in [-0.3, -0.25) is 4.79 Å². The van der Waals surface area contributed by atoms with E-state index in [-0.39, 0.29) is 36.4 Å². The molecule has 0 saturated heterocycles. The highest BCUT2D eigenvalue weighted by atomic mass is 35.5. The van der Waals surface area contributed by atoms with Crippen molar-refractivity contribution in [3.63, 3.8) is 0 Å². The Morgan fingerprint density at radius 1 is 1.30 bits per heavy atom. The molecule has 0 aliphatic rings. The van der Waals surface area contributed by atoms with Crippen molar-refractivity contribution in [3.8, 4) is 5.75 Å². The number of hydrogen-bond donors (Lipinski definition) is 2. The van der Waals surface area contributed by atoms with E-state index < -0.39 is 15.7 Å². The molecule has 0 radical (unpaired) electrons. The van der Waals surface area contributed by atoms with Gasteiger partial charge >= 0.3 is 0 Å². The van der Waals surface area contributed by atoms with Crippen LogP contribution < -0.4 is 16.2 Å². The summed E-state index contributed by atoms with van der Waals surface area (Å²) in [5.74, 6) is 0.134. The third-order valence-electron chi connectivity index (χ3n) is 2.48. The molecule has 0 heterocycles. The summed E-state index contributed by atoms with van der Waals surface area (Å²) in [4.78, 5) is 10.8. The van der Waals surface area contributed by atoms with Crippen LogP contribution in [0.15, 0.2) is 29.2 Å². The molecule has 1 amide bonds. The first kappa shape index (κ1) is 18.7. The minimum absolute atomic E-state index is 0. The molecule has 20 heavy (non-hydrogen) atoms. The number of rotatable bonds is 7. The molecule has 0 spiro atoms. The second kappa shape index (κ2) is 8.08. The molecular formula is C12H19ClN2O4S. The van der Waals surface area contributed by atoms with Gasteiger partial charge in [0.2, 0.25) is 5.91 Å². The van der Waals surface area contributed by atoms with E-state index in [2.05, 4.69) is 0 Å². The predicted molar refractivity (Wildman–Crippen MR) is 78.7 cm³/mol. The largest absolute Gasteiger partial charge is 0.492 e. The van der Waals surface area contributed by atoms with Crippen molar-refractivity contribution in [1.29, 1.82) is 0 Å². The molecule has 6 nitrogen and oxygen atoms in total. The second-order valence-corrected chi connectivity index (χ2v) is 6.34. The third-order valence-corrected chi connectivity index (χ3v) is 3.61. The SMILES string of the molecule is CS(=O)(=O)c1ccc(OC[C@@H](N)CCC(N)=O)cc1.Cl. The number of nitrogens with two attached hydrogens (primary N) is 2. The summed E-state index contributed by atoms with van der Waals surface area (Å²) in [7, 11) is -3.20. The monoisotopic (exact) mass is 322 g/mol. The number of sulfone groups is 1. The standard InChI is InChI=1S/C12H18N2O4S.ClH/c1-19(16,17)11-5-3-10(4-6-11)18-8-9(13)2-7-12(14)15;/h3-6,9H,2,7-8,13H2,1H3,(H2,14,15);1H/t9-;/m0./s1. The van der Waals surface area contributed by atoms with Crippen LogP contribution in [0, 0.1) is 0 Å². The molecule has 0 bridgehead atoms. The molecular weight excluding hydrogens is 304 g/mol. The number of halogens is 1. The van der Waals surface area contributed by atoms with Crippen molar-refractivity contribution in [2.24, 2.45) is 11.5 Å². The first-order valence-corrected chi connectivity index (χ1v) is 7.65. The van der Waals surface area contributed by atoms with Gasteiger partial charge in [0.05, 0.1) is 4.90 Å². The maximum Gasteiger partial charge on any atom is 0.217 e. The van der Waals surface area contributed by atoms with E-state index in [1.807, 2.05) is 0 Å². The maximum atomic E-state index is 11.3. The third kappa shape index (κ3) is 6.74. The fourth-order valence-corrected chi connectivity index (χ4v) is 2.03. The van der Waals surface area contributed by atoms with E-state index in [9.17, 15) is 13.2 Å². The number of carbonyl (C=O) groups excluding carboxylic acids is 1. The molecule has 0 aromatic heterocycles. The topological polar surface area (TPSA) is 112 Å². The summed E-state index contributed by atoms with van der Waals surface area (Å²) in [6, 6.07) is 5.79. The average Bonchev–Trinajstić information content (AvgIpc) is 2.33. The van der Waals surface area contributed by atoms with Gasteiger partial charge in [0.1, 0.15) is 12.4 Å². The maximum absolute atomic E-state index is 11.3. The van der Waals surface area contributed by atoms with Gasteiger partial charge in [0.15, 0.2) is 9.84 Å². The summed E-state index contributed by atoms with van der Waals surface area (Å²) in [6.07, 6.45) is 1.82. The molecule has 8 heteroatoms. The molecule has 0 unspecified atom stereocenters. The number of hydrogen-bond acceptors (Lipinski definition) is 5. The van der Waals surface area contributed by atoms with E-state index in [0.29, 0.717) is 12.2 Å². The highest BCUT2D eigenvalue weighted by molar-refractivity contribution is 7.90. The van der Waals surface area contributed by atoms with Gasteiger partial charge in [-0.05, 0) is 30.7 Å². The second-order valence-electron chi connectivity index (χ2n) is 4.32. The normalized spacial score (nSPS) is 12.3. The van der Waals surface area contributed by atoms with Crippen LogP contribution in [0.1, 0.15) is 12.8 Å². The molecule has 0 aliphatic carbocycles. The Labute approximate surface area is 124 Å². The number of amides is 1. The number of ether oxygens (including phenoxy) is 1. The van der Waals surface area contributed by atoms with E-state index in [0.717, 1.165) is 6.26 Å². The Bertz CT molecular complexity index is 531. The lowest BCUT2D eigenvalue weighted by Crippen LogP contribution is -2.29. The van der Waals surface area contributed by atoms with E-state index >= 15 is 0 Å². The number of benzene rings is 1. The predicted octanol–water partition coefficient (Wildman–Crippen LogP) is 0.484. The minimum atomic E-state index is -3.20. The van der Waals surface area contributed by atoms with Crippen molar-refractivity contribution < 1.29 is 17.9 Å². The van der Waals surface area contributed by atoms with Crippen LogP contribution in [-0.4, -0.2) is 33.2 Å². The van der Waals surface area contributed by atoms with Crippen molar-refractivity contribution in [3.05, 3.63) is 24.3 Å². The molecule has 1 aromatic carbocycles. The van der Waals surface area contributed by atoms with Gasteiger partial charge in [0.25, 0.3) is 0 Å². The first-order chi connectivity index (χ1) is 8.79. The Morgan fingerprint density at radius 2 is 1.85 bits per heavy atom. The van der Waals surface area contributed by atoms with Crippen molar-refractivity contribution in [1.82, 2.24) is 0 Å². The summed E-state index contributed by atoms with van der Waals surface area (Å²) in [5.41, 5.74) is 10.8. The Morgan fingerprint density at radius 3 is 2.30 bits per heavy atom. The smallest absolute Gasteiger partial charge is 0.217 e. The zero-order valence-corrected chi connectivity index (χ0v) is 12.7. The van der Waals surface area contributed by atoms with E-state index in [1.54, 1.807) is 12.1 Å². The molecule has 1 atom stereocenters. The highest BCUT2D eigenvalue weighted by Crippen LogP contribution is 2.16. The quantitative estimate of drug-likeness (QED) is 0.758. The van der Waals surface area contributed by atoms with Crippen LogP contribution in [0.3, 0.4) is 0 Å². The van der Waals surface area contributed by atoms with Gasteiger partial charge in [-0.2, -0.15) is 0 Å². The summed E-state index contributed by atoms with van der Waals surface area (Å²) in [5, 5.41) is 0. The average molecular weight is 323 g/mol. The van der Waals surface area contributed by atoms with Crippen LogP contribution in [0.25, 0.3) is 0 Å². The molecule has 1 rings (SSSR count). The minimum Gasteiger partial charge on any atom is -0.492 e. The lowest BCUT2D eigenvalue weighted by molar-refractivity contribution is -0.118. The molecule has 0 aliphatic heterocycles. The number of carbonyl (C=O) groups is 1.